The maximum absolute atomic E-state index is 11.5. The van der Waals surface area contributed by atoms with Gasteiger partial charge >= 0.3 is 0 Å². The molecule has 0 aromatic heterocycles. The van der Waals surface area contributed by atoms with E-state index in [0.29, 0.717) is 6.42 Å². The van der Waals surface area contributed by atoms with E-state index in [2.05, 4.69) is 13.0 Å². The van der Waals surface area contributed by atoms with Crippen molar-refractivity contribution in [2.24, 2.45) is 0 Å². The number of Topliss-reactive ketones (excluding diaryl/α,β-unsaturated/α-hetero) is 1. The molecule has 0 aliphatic heterocycles. The first-order chi connectivity index (χ1) is 9.24. The molecule has 2 aromatic rings. The van der Waals surface area contributed by atoms with Gasteiger partial charge in [0.2, 0.25) is 0 Å². The molecule has 0 radical (unpaired) electrons. The van der Waals surface area contributed by atoms with E-state index >= 15 is 0 Å². The van der Waals surface area contributed by atoms with Gasteiger partial charge < -0.3 is 4.74 Å². The highest BCUT2D eigenvalue weighted by Crippen LogP contribution is 2.25. The van der Waals surface area contributed by atoms with E-state index in [0.717, 1.165) is 23.5 Å². The molecule has 0 bridgehead atoms. The molecule has 2 nitrogen and oxygen atoms in total. The van der Waals surface area contributed by atoms with Gasteiger partial charge in [-0.2, -0.15) is 0 Å². The van der Waals surface area contributed by atoms with Crippen molar-refractivity contribution in [1.29, 1.82) is 0 Å². The van der Waals surface area contributed by atoms with Crippen LogP contribution in [0.4, 0.5) is 0 Å². The Morgan fingerprint density at radius 3 is 2.32 bits per heavy atom. The second-order valence-corrected chi connectivity index (χ2v) is 4.36. The highest BCUT2D eigenvalue weighted by atomic mass is 16.5. The number of para-hydroxylation sites is 1. The van der Waals surface area contributed by atoms with Crippen molar-refractivity contribution in [3.8, 4) is 11.5 Å². The number of benzene rings is 2. The van der Waals surface area contributed by atoms with Gasteiger partial charge in [0, 0.05) is 12.0 Å². The summed E-state index contributed by atoms with van der Waals surface area (Å²) >= 11 is 0. The molecule has 0 fully saturated rings. The lowest BCUT2D eigenvalue weighted by Gasteiger charge is -2.10. The van der Waals surface area contributed by atoms with Crippen LogP contribution in [0.1, 0.15) is 36.2 Å². The Balaban J connectivity index is 2.17. The van der Waals surface area contributed by atoms with Gasteiger partial charge in [0.1, 0.15) is 11.5 Å². The molecule has 19 heavy (non-hydrogen) atoms. The average Bonchev–Trinajstić information content (AvgIpc) is 2.48. The maximum atomic E-state index is 11.5. The molecule has 2 rings (SSSR count). The fraction of sp³-hybridized carbons (Fsp3) is 0.235. The van der Waals surface area contributed by atoms with Gasteiger partial charge in [-0.3, -0.25) is 4.79 Å². The number of rotatable bonds is 5. The number of hydrogen-bond donors (Lipinski definition) is 0. The normalized spacial score (nSPS) is 10.2. The molecule has 0 unspecified atom stereocenters. The first-order valence-corrected chi connectivity index (χ1v) is 6.63. The van der Waals surface area contributed by atoms with Gasteiger partial charge in [-0.15, -0.1) is 0 Å². The molecule has 2 heteroatoms. The largest absolute Gasteiger partial charge is 0.457 e. The monoisotopic (exact) mass is 254 g/mol. The lowest BCUT2D eigenvalue weighted by Crippen LogP contribution is -1.96. The smallest absolute Gasteiger partial charge is 0.162 e. The van der Waals surface area contributed by atoms with E-state index in [1.807, 2.05) is 49.4 Å². The fourth-order valence-electron chi connectivity index (χ4n) is 1.94. The summed E-state index contributed by atoms with van der Waals surface area (Å²) in [6.07, 6.45) is 1.46. The van der Waals surface area contributed by atoms with Crippen LogP contribution in [-0.2, 0) is 6.42 Å². The summed E-state index contributed by atoms with van der Waals surface area (Å²) in [6.45, 7) is 3.97. The zero-order chi connectivity index (χ0) is 13.7. The Labute approximate surface area is 114 Å². The summed E-state index contributed by atoms with van der Waals surface area (Å²) in [5.74, 6) is 1.79. The van der Waals surface area contributed by atoms with Crippen LogP contribution >= 0.6 is 0 Å². The van der Waals surface area contributed by atoms with Crippen LogP contribution in [0.2, 0.25) is 0 Å². The molecule has 0 atom stereocenters. The van der Waals surface area contributed by atoms with Crippen molar-refractivity contribution >= 4 is 5.78 Å². The first kappa shape index (κ1) is 13.3. The number of ketones is 1. The van der Waals surface area contributed by atoms with Crippen molar-refractivity contribution < 1.29 is 9.53 Å². The van der Waals surface area contributed by atoms with Gasteiger partial charge in [0.05, 0.1) is 0 Å². The second kappa shape index (κ2) is 6.19. The molecule has 0 heterocycles. The molecule has 0 saturated heterocycles. The lowest BCUT2D eigenvalue weighted by molar-refractivity contribution is 0.0988. The number of aryl methyl sites for hydroxylation is 1. The van der Waals surface area contributed by atoms with E-state index in [-0.39, 0.29) is 5.78 Å². The number of hydrogen-bond acceptors (Lipinski definition) is 2. The Bertz CT molecular complexity index is 556. The Morgan fingerprint density at radius 2 is 1.68 bits per heavy atom. The first-order valence-electron chi connectivity index (χ1n) is 6.63. The predicted molar refractivity (Wildman–Crippen MR) is 77.0 cm³/mol. The van der Waals surface area contributed by atoms with E-state index in [9.17, 15) is 4.79 Å². The second-order valence-electron chi connectivity index (χ2n) is 4.36. The van der Waals surface area contributed by atoms with Crippen LogP contribution in [0.5, 0.6) is 11.5 Å². The van der Waals surface area contributed by atoms with Gasteiger partial charge in [-0.25, -0.2) is 0 Å². The number of carbonyl (C=O) groups excluding carboxylic acids is 1. The van der Waals surface area contributed by atoms with Gasteiger partial charge in [0.15, 0.2) is 5.78 Å². The Hall–Kier alpha value is -2.09. The van der Waals surface area contributed by atoms with Crippen LogP contribution in [0, 0.1) is 0 Å². The van der Waals surface area contributed by atoms with Crippen LogP contribution in [-0.4, -0.2) is 5.78 Å². The quantitative estimate of drug-likeness (QED) is 0.727. The maximum Gasteiger partial charge on any atom is 0.162 e. The zero-order valence-electron chi connectivity index (χ0n) is 11.3. The molecule has 0 aliphatic rings. The van der Waals surface area contributed by atoms with Crippen LogP contribution in [0.3, 0.4) is 0 Å². The summed E-state index contributed by atoms with van der Waals surface area (Å²) < 4.78 is 5.86. The predicted octanol–water partition coefficient (Wildman–Crippen LogP) is 4.63. The number of carbonyl (C=O) groups is 1. The molecule has 0 amide bonds. The Morgan fingerprint density at radius 1 is 1.00 bits per heavy atom. The standard InChI is InChI=1S/C17H18O2/c1-3-13-7-5-6-8-17(13)19-15-11-9-14(10-12-15)16(18)4-2/h5-12H,3-4H2,1-2H3. The van der Waals surface area contributed by atoms with Crippen LogP contribution < -0.4 is 4.74 Å². The third-order valence-corrected chi connectivity index (χ3v) is 3.08. The van der Waals surface area contributed by atoms with Crippen LogP contribution in [0.25, 0.3) is 0 Å². The third-order valence-electron chi connectivity index (χ3n) is 3.08. The minimum absolute atomic E-state index is 0.153. The van der Waals surface area contributed by atoms with E-state index < -0.39 is 0 Å². The van der Waals surface area contributed by atoms with E-state index in [4.69, 9.17) is 4.74 Å². The summed E-state index contributed by atoms with van der Waals surface area (Å²) in [7, 11) is 0. The van der Waals surface area contributed by atoms with Crippen molar-refractivity contribution in [2.75, 3.05) is 0 Å². The molecule has 98 valence electrons. The van der Waals surface area contributed by atoms with Crippen LogP contribution in [0.15, 0.2) is 48.5 Å². The molecule has 0 aliphatic carbocycles. The molecule has 0 spiro atoms. The summed E-state index contributed by atoms with van der Waals surface area (Å²) in [5.41, 5.74) is 1.91. The molecule has 0 saturated carbocycles. The van der Waals surface area contributed by atoms with E-state index in [1.54, 1.807) is 0 Å². The van der Waals surface area contributed by atoms with Crippen molar-refractivity contribution in [3.05, 3.63) is 59.7 Å². The van der Waals surface area contributed by atoms with Gasteiger partial charge in [-0.05, 0) is 42.3 Å². The van der Waals surface area contributed by atoms with E-state index in [1.165, 1.54) is 5.56 Å². The molecular formula is C17H18O2. The van der Waals surface area contributed by atoms with Crippen molar-refractivity contribution in [2.45, 2.75) is 26.7 Å². The highest BCUT2D eigenvalue weighted by Gasteiger charge is 2.05. The minimum atomic E-state index is 0.153. The fourth-order valence-corrected chi connectivity index (χ4v) is 1.94. The molecule has 2 aromatic carbocycles. The van der Waals surface area contributed by atoms with Gasteiger partial charge in [-0.1, -0.05) is 32.0 Å². The SMILES string of the molecule is CCC(=O)c1ccc(Oc2ccccc2CC)cc1. The highest BCUT2D eigenvalue weighted by molar-refractivity contribution is 5.95. The molecular weight excluding hydrogens is 236 g/mol. The third kappa shape index (κ3) is 3.22. The minimum Gasteiger partial charge on any atom is -0.457 e. The number of ether oxygens (including phenoxy) is 1. The summed E-state index contributed by atoms with van der Waals surface area (Å²) in [4.78, 5) is 11.5. The zero-order valence-corrected chi connectivity index (χ0v) is 11.3. The topological polar surface area (TPSA) is 26.3 Å². The lowest BCUT2D eigenvalue weighted by atomic mass is 10.1. The van der Waals surface area contributed by atoms with Crippen molar-refractivity contribution in [1.82, 2.24) is 0 Å². The Kier molecular flexibility index (Phi) is 4.35. The summed E-state index contributed by atoms with van der Waals surface area (Å²) in [6, 6.07) is 15.3. The van der Waals surface area contributed by atoms with Crippen molar-refractivity contribution in [3.63, 3.8) is 0 Å². The molecule has 0 N–H and O–H groups in total. The van der Waals surface area contributed by atoms with Gasteiger partial charge in [0.25, 0.3) is 0 Å². The average molecular weight is 254 g/mol. The summed E-state index contributed by atoms with van der Waals surface area (Å²) in [5, 5.41) is 0.